The molecule has 3 N–H and O–H groups in total. The zero-order chi connectivity index (χ0) is 12.3. The number of nitrogens with zero attached hydrogens (tertiary/aromatic N) is 2. The van der Waals surface area contributed by atoms with Gasteiger partial charge in [-0.2, -0.15) is 0 Å². The number of rotatable bonds is 4. The van der Waals surface area contributed by atoms with E-state index < -0.39 is 0 Å². The Morgan fingerprint density at radius 1 is 1.47 bits per heavy atom. The van der Waals surface area contributed by atoms with E-state index in [-0.39, 0.29) is 11.9 Å². The fourth-order valence-corrected chi connectivity index (χ4v) is 1.93. The fourth-order valence-electron chi connectivity index (χ4n) is 1.93. The van der Waals surface area contributed by atoms with Crippen LogP contribution in [0.15, 0.2) is 6.33 Å². The molecule has 1 aliphatic heterocycles. The van der Waals surface area contributed by atoms with Crippen LogP contribution >= 0.6 is 0 Å². The van der Waals surface area contributed by atoms with Crippen LogP contribution in [0.1, 0.15) is 18.4 Å². The van der Waals surface area contributed by atoms with E-state index in [0.29, 0.717) is 13.0 Å². The van der Waals surface area contributed by atoms with Crippen molar-refractivity contribution in [1.29, 1.82) is 0 Å². The Balaban J connectivity index is 1.97. The van der Waals surface area contributed by atoms with Gasteiger partial charge in [-0.1, -0.05) is 0 Å². The largest absolute Gasteiger partial charge is 0.373 e. The van der Waals surface area contributed by atoms with E-state index >= 15 is 0 Å². The topological polar surface area (TPSA) is 78.9 Å². The first kappa shape index (κ1) is 11.6. The van der Waals surface area contributed by atoms with Crippen molar-refractivity contribution in [2.75, 3.05) is 24.2 Å². The van der Waals surface area contributed by atoms with Crippen LogP contribution in [0, 0.1) is 6.92 Å². The van der Waals surface area contributed by atoms with Crippen molar-refractivity contribution in [2.24, 2.45) is 0 Å². The van der Waals surface area contributed by atoms with E-state index in [4.69, 9.17) is 0 Å². The Labute approximate surface area is 100 Å². The fraction of sp³-hybridized carbons (Fsp3) is 0.545. The SMILES string of the molecule is CNc1ncnc(NCC2CCC(=O)N2)c1C. The van der Waals surface area contributed by atoms with E-state index in [0.717, 1.165) is 23.6 Å². The Kier molecular flexibility index (Phi) is 3.41. The van der Waals surface area contributed by atoms with Gasteiger partial charge in [-0.15, -0.1) is 0 Å². The number of aromatic nitrogens is 2. The quantitative estimate of drug-likeness (QED) is 0.709. The third kappa shape index (κ3) is 2.64. The molecule has 0 aliphatic carbocycles. The molecule has 1 amide bonds. The monoisotopic (exact) mass is 235 g/mol. The molecule has 6 heteroatoms. The highest BCUT2D eigenvalue weighted by Crippen LogP contribution is 2.17. The first-order valence-corrected chi connectivity index (χ1v) is 5.73. The Hall–Kier alpha value is -1.85. The number of amides is 1. The molecule has 2 heterocycles. The molecule has 1 aliphatic rings. The zero-order valence-electron chi connectivity index (χ0n) is 10.1. The van der Waals surface area contributed by atoms with Crippen molar-refractivity contribution in [1.82, 2.24) is 15.3 Å². The van der Waals surface area contributed by atoms with Crippen LogP contribution in [0.3, 0.4) is 0 Å². The van der Waals surface area contributed by atoms with Crippen molar-refractivity contribution < 1.29 is 4.79 Å². The smallest absolute Gasteiger partial charge is 0.220 e. The summed E-state index contributed by atoms with van der Waals surface area (Å²) in [6.45, 7) is 2.66. The first-order valence-electron chi connectivity index (χ1n) is 5.73. The number of nitrogens with one attached hydrogen (secondary N) is 3. The van der Waals surface area contributed by atoms with Crippen LogP contribution < -0.4 is 16.0 Å². The normalized spacial score (nSPS) is 18.9. The summed E-state index contributed by atoms with van der Waals surface area (Å²) in [4.78, 5) is 19.4. The van der Waals surface area contributed by atoms with Gasteiger partial charge in [-0.3, -0.25) is 4.79 Å². The summed E-state index contributed by atoms with van der Waals surface area (Å²) >= 11 is 0. The highest BCUT2D eigenvalue weighted by atomic mass is 16.1. The second-order valence-corrected chi connectivity index (χ2v) is 4.13. The summed E-state index contributed by atoms with van der Waals surface area (Å²) in [6.07, 6.45) is 3.03. The lowest BCUT2D eigenvalue weighted by molar-refractivity contribution is -0.119. The number of hydrogen-bond acceptors (Lipinski definition) is 5. The molecular formula is C11H17N5O. The summed E-state index contributed by atoms with van der Waals surface area (Å²) in [6, 6.07) is 0.204. The molecule has 0 aromatic carbocycles. The van der Waals surface area contributed by atoms with Gasteiger partial charge in [0.05, 0.1) is 0 Å². The average molecular weight is 235 g/mol. The van der Waals surface area contributed by atoms with Gasteiger partial charge in [-0.05, 0) is 13.3 Å². The summed E-state index contributed by atoms with van der Waals surface area (Å²) in [5, 5.41) is 9.17. The van der Waals surface area contributed by atoms with Crippen molar-refractivity contribution >= 4 is 17.5 Å². The first-order chi connectivity index (χ1) is 8.20. The zero-order valence-corrected chi connectivity index (χ0v) is 10.1. The molecular weight excluding hydrogens is 218 g/mol. The summed E-state index contributed by atoms with van der Waals surface area (Å²) in [5.41, 5.74) is 0.985. The maximum atomic E-state index is 11.1. The molecule has 1 saturated heterocycles. The Morgan fingerprint density at radius 3 is 2.88 bits per heavy atom. The number of carbonyl (C=O) groups excluding carboxylic acids is 1. The lowest BCUT2D eigenvalue weighted by Crippen LogP contribution is -2.32. The molecule has 1 aromatic heterocycles. The Bertz CT molecular complexity index is 420. The summed E-state index contributed by atoms with van der Waals surface area (Å²) in [5.74, 6) is 1.76. The highest BCUT2D eigenvalue weighted by molar-refractivity contribution is 5.78. The molecule has 6 nitrogen and oxygen atoms in total. The number of hydrogen-bond donors (Lipinski definition) is 3. The van der Waals surface area contributed by atoms with E-state index in [2.05, 4.69) is 25.9 Å². The van der Waals surface area contributed by atoms with Crippen LogP contribution in [-0.4, -0.2) is 35.5 Å². The molecule has 92 valence electrons. The molecule has 0 spiro atoms. The van der Waals surface area contributed by atoms with Crippen molar-refractivity contribution in [3.63, 3.8) is 0 Å². The molecule has 1 unspecified atom stereocenters. The Morgan fingerprint density at radius 2 is 2.24 bits per heavy atom. The van der Waals surface area contributed by atoms with Gasteiger partial charge in [0.15, 0.2) is 0 Å². The minimum absolute atomic E-state index is 0.132. The van der Waals surface area contributed by atoms with Gasteiger partial charge in [0.2, 0.25) is 5.91 Å². The molecule has 1 aromatic rings. The van der Waals surface area contributed by atoms with Crippen LogP contribution in [0.2, 0.25) is 0 Å². The molecule has 17 heavy (non-hydrogen) atoms. The van der Waals surface area contributed by atoms with E-state index in [1.165, 1.54) is 6.33 Å². The molecule has 1 fully saturated rings. The van der Waals surface area contributed by atoms with Gasteiger partial charge in [0.1, 0.15) is 18.0 Å². The maximum Gasteiger partial charge on any atom is 0.220 e. The third-order valence-corrected chi connectivity index (χ3v) is 2.92. The highest BCUT2D eigenvalue weighted by Gasteiger charge is 2.20. The van der Waals surface area contributed by atoms with Crippen LogP contribution in [0.4, 0.5) is 11.6 Å². The lowest BCUT2D eigenvalue weighted by atomic mass is 10.2. The van der Waals surface area contributed by atoms with Gasteiger partial charge < -0.3 is 16.0 Å². The van der Waals surface area contributed by atoms with E-state index in [1.807, 2.05) is 14.0 Å². The van der Waals surface area contributed by atoms with Gasteiger partial charge in [0.25, 0.3) is 0 Å². The molecule has 0 saturated carbocycles. The van der Waals surface area contributed by atoms with Gasteiger partial charge in [-0.25, -0.2) is 9.97 Å². The molecule has 1 atom stereocenters. The average Bonchev–Trinajstić information content (AvgIpc) is 2.74. The maximum absolute atomic E-state index is 11.1. The summed E-state index contributed by atoms with van der Waals surface area (Å²) < 4.78 is 0. The molecule has 0 radical (unpaired) electrons. The minimum Gasteiger partial charge on any atom is -0.373 e. The molecule has 2 rings (SSSR count). The van der Waals surface area contributed by atoms with Crippen molar-refractivity contribution in [3.05, 3.63) is 11.9 Å². The second-order valence-electron chi connectivity index (χ2n) is 4.13. The lowest BCUT2D eigenvalue weighted by Gasteiger charge is -2.14. The van der Waals surface area contributed by atoms with Crippen LogP contribution in [-0.2, 0) is 4.79 Å². The van der Waals surface area contributed by atoms with E-state index in [1.54, 1.807) is 0 Å². The predicted molar refractivity (Wildman–Crippen MR) is 66.0 cm³/mol. The number of anilines is 2. The van der Waals surface area contributed by atoms with Crippen molar-refractivity contribution in [3.8, 4) is 0 Å². The van der Waals surface area contributed by atoms with Crippen molar-refractivity contribution in [2.45, 2.75) is 25.8 Å². The standard InChI is InChI=1S/C11H17N5O/c1-7-10(12-2)14-6-15-11(7)13-5-8-3-4-9(17)16-8/h6,8H,3-5H2,1-2H3,(H,16,17)(H2,12,13,14,15). The molecule has 0 bridgehead atoms. The third-order valence-electron chi connectivity index (χ3n) is 2.92. The van der Waals surface area contributed by atoms with E-state index in [9.17, 15) is 4.79 Å². The second kappa shape index (κ2) is 4.99. The summed E-state index contributed by atoms with van der Waals surface area (Å²) in [7, 11) is 1.83. The van der Waals surface area contributed by atoms with Crippen LogP contribution in [0.25, 0.3) is 0 Å². The van der Waals surface area contributed by atoms with Gasteiger partial charge >= 0.3 is 0 Å². The van der Waals surface area contributed by atoms with Gasteiger partial charge in [0, 0.05) is 31.6 Å². The predicted octanol–water partition coefficient (Wildman–Crippen LogP) is 0.517. The minimum atomic E-state index is 0.132. The number of carbonyl (C=O) groups is 1. The van der Waals surface area contributed by atoms with Crippen LogP contribution in [0.5, 0.6) is 0 Å².